The molecule has 3 nitrogen and oxygen atoms in total. The van der Waals surface area contributed by atoms with Crippen LogP contribution in [0.15, 0.2) is 0 Å². The molecule has 0 radical (unpaired) electrons. The van der Waals surface area contributed by atoms with Gasteiger partial charge in [-0.3, -0.25) is 5.50 Å². The Morgan fingerprint density at radius 2 is 2.22 bits per heavy atom. The highest BCUT2D eigenvalue weighted by molar-refractivity contribution is 7.43. The summed E-state index contributed by atoms with van der Waals surface area (Å²) >= 11 is 0. The summed E-state index contributed by atoms with van der Waals surface area (Å²) in [5, 5.41) is 0. The molecule has 0 amide bonds. The van der Waals surface area contributed by atoms with Crippen molar-refractivity contribution in [3.63, 3.8) is 0 Å². The summed E-state index contributed by atoms with van der Waals surface area (Å²) in [5.41, 5.74) is 4.98. The Kier molecular flexibility index (Phi) is 5.30. The Labute approximate surface area is 57.2 Å². The Bertz CT molecular complexity index is 60.0. The van der Waals surface area contributed by atoms with Crippen LogP contribution in [0.4, 0.5) is 0 Å². The van der Waals surface area contributed by atoms with Gasteiger partial charge < -0.3 is 9.42 Å². The average Bonchev–Trinajstić information content (AvgIpc) is 1.63. The molecule has 0 aromatic heterocycles. The molecule has 0 aromatic carbocycles. The number of nitrogens with two attached hydrogens (primary N) is 1. The van der Waals surface area contributed by atoms with E-state index in [1.807, 2.05) is 0 Å². The molecule has 0 spiro atoms. The molecule has 0 aromatic rings. The third-order valence-electron chi connectivity index (χ3n) is 0.919. The molecule has 1 unspecified atom stereocenters. The molecule has 0 aliphatic heterocycles. The van der Waals surface area contributed by atoms with Gasteiger partial charge in [-0.05, 0) is 12.3 Å². The minimum atomic E-state index is -1.63. The zero-order valence-corrected chi connectivity index (χ0v) is 6.77. The smallest absolute Gasteiger partial charge is 0.250 e. The van der Waals surface area contributed by atoms with Crippen LogP contribution >= 0.6 is 8.53 Å². The lowest BCUT2D eigenvalue weighted by Crippen LogP contribution is -1.98. The summed E-state index contributed by atoms with van der Waals surface area (Å²) in [6.07, 6.45) is 0.955. The predicted octanol–water partition coefficient (Wildman–Crippen LogP) is 1.23. The summed E-state index contributed by atoms with van der Waals surface area (Å²) in [6.45, 7) is 4.76. The van der Waals surface area contributed by atoms with E-state index in [0.717, 1.165) is 6.42 Å². The SMILES string of the molecule is CC(C)CCOP(N)O. The molecular formula is C5H14NO2P. The van der Waals surface area contributed by atoms with E-state index in [2.05, 4.69) is 13.8 Å². The van der Waals surface area contributed by atoms with Gasteiger partial charge in [0, 0.05) is 0 Å². The van der Waals surface area contributed by atoms with E-state index in [9.17, 15) is 0 Å². The quantitative estimate of drug-likeness (QED) is 0.594. The maximum absolute atomic E-state index is 8.49. The van der Waals surface area contributed by atoms with Crippen molar-refractivity contribution in [2.75, 3.05) is 6.61 Å². The van der Waals surface area contributed by atoms with Gasteiger partial charge in [0.05, 0.1) is 6.61 Å². The second-order valence-corrected chi connectivity index (χ2v) is 3.18. The van der Waals surface area contributed by atoms with Crippen molar-refractivity contribution in [3.05, 3.63) is 0 Å². The molecule has 9 heavy (non-hydrogen) atoms. The summed E-state index contributed by atoms with van der Waals surface area (Å²) in [5.74, 6) is 0.611. The van der Waals surface area contributed by atoms with Gasteiger partial charge in [-0.25, -0.2) is 0 Å². The van der Waals surface area contributed by atoms with Crippen LogP contribution in [0.5, 0.6) is 0 Å². The fourth-order valence-corrected chi connectivity index (χ4v) is 0.674. The van der Waals surface area contributed by atoms with Gasteiger partial charge in [0.15, 0.2) is 0 Å². The van der Waals surface area contributed by atoms with Gasteiger partial charge in [0.2, 0.25) is 8.53 Å². The molecule has 0 aliphatic rings. The van der Waals surface area contributed by atoms with Gasteiger partial charge >= 0.3 is 0 Å². The second-order valence-electron chi connectivity index (χ2n) is 2.32. The van der Waals surface area contributed by atoms with Crippen LogP contribution in [0, 0.1) is 5.92 Å². The number of rotatable bonds is 4. The van der Waals surface area contributed by atoms with Crippen molar-refractivity contribution in [3.8, 4) is 0 Å². The minimum absolute atomic E-state index is 0.566. The largest absolute Gasteiger partial charge is 0.338 e. The molecule has 4 heteroatoms. The monoisotopic (exact) mass is 151 g/mol. The van der Waals surface area contributed by atoms with E-state index in [-0.39, 0.29) is 0 Å². The third-order valence-corrected chi connectivity index (χ3v) is 1.37. The summed E-state index contributed by atoms with van der Waals surface area (Å²) in [7, 11) is -1.63. The summed E-state index contributed by atoms with van der Waals surface area (Å²) < 4.78 is 4.75. The Morgan fingerprint density at radius 3 is 2.56 bits per heavy atom. The maximum Gasteiger partial charge on any atom is 0.250 e. The van der Waals surface area contributed by atoms with Crippen LogP contribution in [-0.2, 0) is 4.52 Å². The number of hydrogen-bond donors (Lipinski definition) is 2. The topological polar surface area (TPSA) is 55.5 Å². The lowest BCUT2D eigenvalue weighted by atomic mass is 10.2. The van der Waals surface area contributed by atoms with Crippen LogP contribution in [-0.4, -0.2) is 11.5 Å². The van der Waals surface area contributed by atoms with E-state index in [0.29, 0.717) is 12.5 Å². The standard InChI is InChI=1S/C5H14NO2P/c1-5(2)3-4-8-9(6)7/h5,7H,3-4,6H2,1-2H3. The molecule has 0 saturated heterocycles. The fourth-order valence-electron chi connectivity index (χ4n) is 0.382. The van der Waals surface area contributed by atoms with Crippen molar-refractivity contribution < 1.29 is 9.42 Å². The van der Waals surface area contributed by atoms with Gasteiger partial charge in [0.25, 0.3) is 0 Å². The summed E-state index contributed by atoms with van der Waals surface area (Å²) in [4.78, 5) is 8.49. The predicted molar refractivity (Wildman–Crippen MR) is 38.7 cm³/mol. The van der Waals surface area contributed by atoms with Crippen molar-refractivity contribution in [2.24, 2.45) is 11.4 Å². The molecule has 0 rings (SSSR count). The van der Waals surface area contributed by atoms with Crippen molar-refractivity contribution >= 4 is 8.53 Å². The van der Waals surface area contributed by atoms with Gasteiger partial charge in [-0.1, -0.05) is 13.8 Å². The lowest BCUT2D eigenvalue weighted by Gasteiger charge is -2.05. The molecule has 0 aliphatic carbocycles. The maximum atomic E-state index is 8.49. The molecule has 0 saturated carbocycles. The Morgan fingerprint density at radius 1 is 1.67 bits per heavy atom. The molecule has 0 fully saturated rings. The zero-order chi connectivity index (χ0) is 7.28. The molecule has 3 N–H and O–H groups in total. The summed E-state index contributed by atoms with van der Waals surface area (Å²) in [6, 6.07) is 0. The van der Waals surface area contributed by atoms with Crippen molar-refractivity contribution in [1.82, 2.24) is 0 Å². The third kappa shape index (κ3) is 8.31. The molecule has 0 bridgehead atoms. The fraction of sp³-hybridized carbons (Fsp3) is 1.00. The first kappa shape index (κ1) is 9.31. The Balaban J connectivity index is 2.91. The van der Waals surface area contributed by atoms with Crippen LogP contribution < -0.4 is 5.50 Å². The second kappa shape index (κ2) is 5.12. The van der Waals surface area contributed by atoms with Crippen LogP contribution in [0.2, 0.25) is 0 Å². The van der Waals surface area contributed by atoms with E-state index in [1.165, 1.54) is 0 Å². The van der Waals surface area contributed by atoms with Crippen LogP contribution in [0.3, 0.4) is 0 Å². The van der Waals surface area contributed by atoms with Crippen LogP contribution in [0.25, 0.3) is 0 Å². The highest BCUT2D eigenvalue weighted by Gasteiger charge is 1.97. The van der Waals surface area contributed by atoms with E-state index < -0.39 is 8.53 Å². The van der Waals surface area contributed by atoms with Gasteiger partial charge in [0.1, 0.15) is 0 Å². The van der Waals surface area contributed by atoms with Gasteiger partial charge in [-0.15, -0.1) is 0 Å². The normalized spacial score (nSPS) is 14.3. The van der Waals surface area contributed by atoms with Crippen LogP contribution in [0.1, 0.15) is 20.3 Å². The van der Waals surface area contributed by atoms with Crippen molar-refractivity contribution in [2.45, 2.75) is 20.3 Å². The van der Waals surface area contributed by atoms with E-state index in [4.69, 9.17) is 14.9 Å². The molecule has 1 atom stereocenters. The molecule has 0 heterocycles. The van der Waals surface area contributed by atoms with Crippen molar-refractivity contribution in [1.29, 1.82) is 0 Å². The molecule has 56 valence electrons. The first-order chi connectivity index (χ1) is 4.13. The zero-order valence-electron chi connectivity index (χ0n) is 5.87. The van der Waals surface area contributed by atoms with E-state index >= 15 is 0 Å². The highest BCUT2D eigenvalue weighted by Crippen LogP contribution is 2.19. The lowest BCUT2D eigenvalue weighted by molar-refractivity contribution is 0.285. The minimum Gasteiger partial charge on any atom is -0.338 e. The Hall–Kier alpha value is 0.310. The first-order valence-electron chi connectivity index (χ1n) is 2.99. The number of hydrogen-bond acceptors (Lipinski definition) is 3. The van der Waals surface area contributed by atoms with Gasteiger partial charge in [-0.2, -0.15) is 0 Å². The molecular weight excluding hydrogens is 137 g/mol. The highest BCUT2D eigenvalue weighted by atomic mass is 31.2. The first-order valence-corrected chi connectivity index (χ1v) is 4.27. The average molecular weight is 151 g/mol. The van der Waals surface area contributed by atoms with E-state index in [1.54, 1.807) is 0 Å².